The fourth-order valence-corrected chi connectivity index (χ4v) is 3.83. The highest BCUT2D eigenvalue weighted by molar-refractivity contribution is 7.18. The van der Waals surface area contributed by atoms with Crippen LogP contribution in [0.15, 0.2) is 61.2 Å². The number of amides is 1. The quantitative estimate of drug-likeness (QED) is 0.384. The number of hydrogen-bond acceptors (Lipinski definition) is 5. The molecule has 0 saturated heterocycles. The average molecular weight is 409 g/mol. The number of carbonyl (C=O) groups excluding carboxylic acids is 1. The van der Waals surface area contributed by atoms with Gasteiger partial charge in [-0.15, -0.1) is 11.3 Å². The Labute approximate surface area is 174 Å². The Morgan fingerprint density at radius 3 is 2.79 bits per heavy atom. The van der Waals surface area contributed by atoms with E-state index < -0.39 is 0 Å². The zero-order valence-corrected chi connectivity index (χ0v) is 17.6. The predicted octanol–water partition coefficient (Wildman–Crippen LogP) is 5.10. The zero-order valence-electron chi connectivity index (χ0n) is 16.8. The topological polar surface area (TPSA) is 51.7 Å². The van der Waals surface area contributed by atoms with Crippen LogP contribution in [-0.4, -0.2) is 36.6 Å². The summed E-state index contributed by atoms with van der Waals surface area (Å²) in [5.41, 5.74) is 1.81. The van der Waals surface area contributed by atoms with Gasteiger partial charge >= 0.3 is 0 Å². The van der Waals surface area contributed by atoms with E-state index in [-0.39, 0.29) is 11.9 Å². The van der Waals surface area contributed by atoms with Gasteiger partial charge in [-0.2, -0.15) is 0 Å². The number of fused-ring (bicyclic) bond motifs is 1. The molecule has 6 heteroatoms. The standard InChI is InChI=1S/C23H24N2O3S/c1-5-14-28-19-12-10-17(15-20(19)27-4)11-13-22(26)25(3)16(2)23-24-18-8-6-7-9-21(18)29-23/h5-13,15-16H,1,14H2,2-4H3/b13-11+/t16-/m1/s1. The lowest BCUT2D eigenvalue weighted by Gasteiger charge is -2.21. The average Bonchev–Trinajstić information content (AvgIpc) is 3.19. The SMILES string of the molecule is C=CCOc1ccc(/C=C/C(=O)N(C)[C@H](C)c2nc3ccccc3s2)cc1OC. The summed E-state index contributed by atoms with van der Waals surface area (Å²) >= 11 is 1.61. The van der Waals surface area contributed by atoms with Crippen molar-refractivity contribution in [1.82, 2.24) is 9.88 Å². The molecule has 0 radical (unpaired) electrons. The number of thiazole rings is 1. The summed E-state index contributed by atoms with van der Waals surface area (Å²) in [6.45, 7) is 6.03. The molecule has 5 nitrogen and oxygen atoms in total. The van der Waals surface area contributed by atoms with Crippen molar-refractivity contribution in [2.24, 2.45) is 0 Å². The van der Waals surface area contributed by atoms with Gasteiger partial charge in [-0.25, -0.2) is 4.98 Å². The summed E-state index contributed by atoms with van der Waals surface area (Å²) in [6, 6.07) is 13.4. The van der Waals surface area contributed by atoms with Crippen LogP contribution in [-0.2, 0) is 4.79 Å². The van der Waals surface area contributed by atoms with Crippen LogP contribution in [0.3, 0.4) is 0 Å². The van der Waals surface area contributed by atoms with E-state index in [0.717, 1.165) is 20.8 Å². The first-order valence-corrected chi connectivity index (χ1v) is 10.1. The van der Waals surface area contributed by atoms with Crippen LogP contribution in [0, 0.1) is 0 Å². The monoisotopic (exact) mass is 408 g/mol. The maximum Gasteiger partial charge on any atom is 0.246 e. The molecule has 0 fully saturated rings. The highest BCUT2D eigenvalue weighted by atomic mass is 32.1. The Bertz CT molecular complexity index is 1010. The Hall–Kier alpha value is -3.12. The van der Waals surface area contributed by atoms with Gasteiger partial charge in [0.05, 0.1) is 23.4 Å². The highest BCUT2D eigenvalue weighted by Crippen LogP contribution is 2.30. The summed E-state index contributed by atoms with van der Waals surface area (Å²) in [5, 5.41) is 0.917. The number of para-hydroxylation sites is 1. The normalized spacial score (nSPS) is 12.1. The number of likely N-dealkylation sites (N-methyl/N-ethyl adjacent to an activating group) is 1. The predicted molar refractivity (Wildman–Crippen MR) is 119 cm³/mol. The molecule has 3 rings (SSSR count). The van der Waals surface area contributed by atoms with E-state index in [1.54, 1.807) is 48.6 Å². The number of aromatic nitrogens is 1. The van der Waals surface area contributed by atoms with Crippen LogP contribution in [0.1, 0.15) is 23.5 Å². The lowest BCUT2D eigenvalue weighted by Crippen LogP contribution is -2.27. The van der Waals surface area contributed by atoms with E-state index in [2.05, 4.69) is 11.6 Å². The van der Waals surface area contributed by atoms with Gasteiger partial charge in [-0.3, -0.25) is 4.79 Å². The summed E-state index contributed by atoms with van der Waals surface area (Å²) < 4.78 is 12.0. The molecular weight excluding hydrogens is 384 g/mol. The minimum Gasteiger partial charge on any atom is -0.493 e. The van der Waals surface area contributed by atoms with E-state index in [4.69, 9.17) is 9.47 Å². The van der Waals surface area contributed by atoms with Gasteiger partial charge in [0, 0.05) is 13.1 Å². The van der Waals surface area contributed by atoms with E-state index in [1.807, 2.05) is 49.4 Å². The van der Waals surface area contributed by atoms with E-state index in [9.17, 15) is 4.79 Å². The highest BCUT2D eigenvalue weighted by Gasteiger charge is 2.19. The van der Waals surface area contributed by atoms with Gasteiger partial charge in [-0.1, -0.05) is 30.9 Å². The minimum absolute atomic E-state index is 0.0947. The van der Waals surface area contributed by atoms with Crippen molar-refractivity contribution < 1.29 is 14.3 Å². The number of methoxy groups -OCH3 is 1. The number of rotatable bonds is 8. The van der Waals surface area contributed by atoms with Crippen LogP contribution >= 0.6 is 11.3 Å². The molecule has 3 aromatic rings. The van der Waals surface area contributed by atoms with Crippen molar-refractivity contribution in [1.29, 1.82) is 0 Å². The van der Waals surface area contributed by atoms with Gasteiger partial charge < -0.3 is 14.4 Å². The van der Waals surface area contributed by atoms with Gasteiger partial charge in [-0.05, 0) is 42.8 Å². The van der Waals surface area contributed by atoms with Crippen molar-refractivity contribution in [2.45, 2.75) is 13.0 Å². The molecule has 0 spiro atoms. The van der Waals surface area contributed by atoms with Crippen LogP contribution in [0.5, 0.6) is 11.5 Å². The third-order valence-electron chi connectivity index (χ3n) is 4.56. The van der Waals surface area contributed by atoms with Crippen molar-refractivity contribution in [3.8, 4) is 11.5 Å². The molecule has 29 heavy (non-hydrogen) atoms. The van der Waals surface area contributed by atoms with E-state index in [1.165, 1.54) is 0 Å². The van der Waals surface area contributed by atoms with Crippen molar-refractivity contribution >= 4 is 33.5 Å². The summed E-state index contributed by atoms with van der Waals surface area (Å²) in [5.74, 6) is 1.15. The van der Waals surface area contributed by atoms with Gasteiger partial charge in [0.15, 0.2) is 11.5 Å². The van der Waals surface area contributed by atoms with Gasteiger partial charge in [0.1, 0.15) is 11.6 Å². The first-order valence-electron chi connectivity index (χ1n) is 9.25. The van der Waals surface area contributed by atoms with Crippen LogP contribution in [0.4, 0.5) is 0 Å². The molecule has 0 saturated carbocycles. The number of carbonyl (C=O) groups is 1. The largest absolute Gasteiger partial charge is 0.493 e. The Balaban J connectivity index is 1.71. The first-order chi connectivity index (χ1) is 14.0. The molecule has 0 bridgehead atoms. The number of benzene rings is 2. The third kappa shape index (κ3) is 4.84. The lowest BCUT2D eigenvalue weighted by atomic mass is 10.2. The molecular formula is C23H24N2O3S. The number of ether oxygens (including phenoxy) is 2. The molecule has 1 atom stereocenters. The van der Waals surface area contributed by atoms with Crippen molar-refractivity contribution in [3.63, 3.8) is 0 Å². The second-order valence-electron chi connectivity index (χ2n) is 6.49. The number of nitrogens with zero attached hydrogens (tertiary/aromatic N) is 2. The van der Waals surface area contributed by atoms with Gasteiger partial charge in [0.25, 0.3) is 0 Å². The fraction of sp³-hybridized carbons (Fsp3) is 0.217. The Morgan fingerprint density at radius 1 is 1.28 bits per heavy atom. The summed E-state index contributed by atoms with van der Waals surface area (Å²) in [4.78, 5) is 19.0. The van der Waals surface area contributed by atoms with Crippen LogP contribution in [0.2, 0.25) is 0 Å². The molecule has 1 heterocycles. The van der Waals surface area contributed by atoms with E-state index in [0.29, 0.717) is 18.1 Å². The number of hydrogen-bond donors (Lipinski definition) is 0. The summed E-state index contributed by atoms with van der Waals surface area (Å²) in [6.07, 6.45) is 5.00. The van der Waals surface area contributed by atoms with Crippen molar-refractivity contribution in [2.75, 3.05) is 20.8 Å². The molecule has 1 amide bonds. The lowest BCUT2D eigenvalue weighted by molar-refractivity contribution is -0.126. The second-order valence-corrected chi connectivity index (χ2v) is 7.55. The molecule has 1 aromatic heterocycles. The van der Waals surface area contributed by atoms with Crippen molar-refractivity contribution in [3.05, 3.63) is 71.8 Å². The maximum absolute atomic E-state index is 12.7. The Morgan fingerprint density at radius 2 is 2.07 bits per heavy atom. The minimum atomic E-state index is -0.117. The first kappa shape index (κ1) is 20.6. The third-order valence-corrected chi connectivity index (χ3v) is 5.77. The fourth-order valence-electron chi connectivity index (χ4n) is 2.77. The smallest absolute Gasteiger partial charge is 0.246 e. The van der Waals surface area contributed by atoms with E-state index >= 15 is 0 Å². The molecule has 150 valence electrons. The van der Waals surface area contributed by atoms with Crippen LogP contribution in [0.25, 0.3) is 16.3 Å². The summed E-state index contributed by atoms with van der Waals surface area (Å²) in [7, 11) is 3.37. The second kappa shape index (κ2) is 9.39. The Kier molecular flexibility index (Phi) is 6.67. The molecule has 0 aliphatic heterocycles. The molecule has 0 aliphatic carbocycles. The maximum atomic E-state index is 12.7. The van der Waals surface area contributed by atoms with Gasteiger partial charge in [0.2, 0.25) is 5.91 Å². The molecule has 0 N–H and O–H groups in total. The zero-order chi connectivity index (χ0) is 20.8. The molecule has 0 unspecified atom stereocenters. The molecule has 2 aromatic carbocycles. The molecule has 0 aliphatic rings. The van der Waals surface area contributed by atoms with Crippen LogP contribution < -0.4 is 9.47 Å².